The molecule has 0 spiro atoms. The quantitative estimate of drug-likeness (QED) is 0.323. The van der Waals surface area contributed by atoms with Crippen LogP contribution >= 0.6 is 0 Å². The molecule has 1 atom stereocenters. The van der Waals surface area contributed by atoms with E-state index in [-0.39, 0.29) is 18.1 Å². The topological polar surface area (TPSA) is 46.0 Å². The molecular formula is C26H26F2N2O. The highest BCUT2D eigenvalue weighted by Gasteiger charge is 2.14. The molecule has 3 nitrogen and oxygen atoms in total. The molecule has 3 aromatic rings. The summed E-state index contributed by atoms with van der Waals surface area (Å²) >= 11 is 0. The van der Waals surface area contributed by atoms with Crippen molar-refractivity contribution in [2.75, 3.05) is 0 Å². The van der Waals surface area contributed by atoms with Gasteiger partial charge in [-0.15, -0.1) is 6.58 Å². The van der Waals surface area contributed by atoms with E-state index in [0.29, 0.717) is 17.0 Å². The fraction of sp³-hybridized carbons (Fsp3) is 0.231. The van der Waals surface area contributed by atoms with Crippen LogP contribution in [0.3, 0.4) is 0 Å². The Morgan fingerprint density at radius 1 is 1.00 bits per heavy atom. The van der Waals surface area contributed by atoms with Crippen molar-refractivity contribution >= 4 is 6.08 Å². The Hall–Kier alpha value is -3.18. The minimum absolute atomic E-state index is 0.217. The number of aliphatic hydroxyl groups is 1. The zero-order valence-electron chi connectivity index (χ0n) is 17.6. The van der Waals surface area contributed by atoms with Gasteiger partial charge in [-0.05, 0) is 43.7 Å². The first kappa shape index (κ1) is 22.5. The zero-order valence-corrected chi connectivity index (χ0v) is 17.6. The van der Waals surface area contributed by atoms with Crippen molar-refractivity contribution < 1.29 is 13.9 Å². The van der Waals surface area contributed by atoms with E-state index in [4.69, 9.17) is 0 Å². The summed E-state index contributed by atoms with van der Waals surface area (Å²) in [6.45, 7) is 5.36. The molecule has 2 aromatic carbocycles. The first-order valence-electron chi connectivity index (χ1n) is 10.3. The van der Waals surface area contributed by atoms with E-state index in [1.165, 1.54) is 0 Å². The molecular weight excluding hydrogens is 394 g/mol. The molecule has 0 fully saturated rings. The predicted molar refractivity (Wildman–Crippen MR) is 121 cm³/mol. The van der Waals surface area contributed by atoms with Gasteiger partial charge in [0.15, 0.2) is 17.5 Å². The van der Waals surface area contributed by atoms with Crippen molar-refractivity contribution in [3.05, 3.63) is 90.3 Å². The molecule has 0 bridgehead atoms. The van der Waals surface area contributed by atoms with Gasteiger partial charge >= 0.3 is 0 Å². The molecule has 0 aliphatic heterocycles. The molecule has 160 valence electrons. The number of halogens is 2. The van der Waals surface area contributed by atoms with Crippen LogP contribution in [0.1, 0.15) is 37.3 Å². The molecule has 0 saturated carbocycles. The number of hydrogen-bond acceptors (Lipinski definition) is 3. The van der Waals surface area contributed by atoms with Gasteiger partial charge in [0.05, 0.1) is 6.10 Å². The molecule has 0 aliphatic rings. The second-order valence-corrected chi connectivity index (χ2v) is 7.49. The third-order valence-electron chi connectivity index (χ3n) is 4.96. The fourth-order valence-corrected chi connectivity index (χ4v) is 3.25. The number of benzene rings is 2. The summed E-state index contributed by atoms with van der Waals surface area (Å²) < 4.78 is 28.7. The summed E-state index contributed by atoms with van der Waals surface area (Å²) in [6, 6.07) is 10.2. The van der Waals surface area contributed by atoms with E-state index < -0.39 is 11.6 Å². The number of unbranched alkanes of at least 4 members (excludes halogenated alkanes) is 1. The molecule has 0 amide bonds. The maximum atomic E-state index is 14.5. The lowest BCUT2D eigenvalue weighted by molar-refractivity contribution is 0.182. The van der Waals surface area contributed by atoms with E-state index in [1.807, 2.05) is 12.2 Å². The van der Waals surface area contributed by atoms with Crippen LogP contribution in [0.15, 0.2) is 67.5 Å². The minimum Gasteiger partial charge on any atom is -0.393 e. The van der Waals surface area contributed by atoms with E-state index in [0.717, 1.165) is 30.4 Å². The average Bonchev–Trinajstić information content (AvgIpc) is 2.77. The van der Waals surface area contributed by atoms with Gasteiger partial charge in [0, 0.05) is 29.1 Å². The summed E-state index contributed by atoms with van der Waals surface area (Å²) in [5, 5.41) is 9.26. The van der Waals surface area contributed by atoms with Gasteiger partial charge in [-0.25, -0.2) is 18.7 Å². The van der Waals surface area contributed by atoms with Crippen LogP contribution in [-0.4, -0.2) is 21.2 Å². The number of hydrogen-bond donors (Lipinski definition) is 1. The molecule has 1 heterocycles. The van der Waals surface area contributed by atoms with Crippen LogP contribution in [0.25, 0.3) is 28.6 Å². The number of nitrogens with zero attached hydrogens (tertiary/aromatic N) is 2. The summed E-state index contributed by atoms with van der Waals surface area (Å²) in [5.74, 6) is -1.13. The van der Waals surface area contributed by atoms with Crippen molar-refractivity contribution in [1.82, 2.24) is 9.97 Å². The summed E-state index contributed by atoms with van der Waals surface area (Å²) in [7, 11) is 0. The van der Waals surface area contributed by atoms with Crippen molar-refractivity contribution in [2.45, 2.75) is 38.7 Å². The highest BCUT2D eigenvalue weighted by Crippen LogP contribution is 2.28. The smallest absolute Gasteiger partial charge is 0.166 e. The standard InChI is InChI=1S/C26H26F2N2O/c1-3-7-21-14-15-23(25(28)24(21)27)20-10-12-22(13-11-20)26-29-16-19(17-30-26)9-6-4-5-8-18(2)31/h3,6,9-18,31H,1,4-5,7-8H2,2H3/b9-6+. The van der Waals surface area contributed by atoms with Crippen LogP contribution < -0.4 is 0 Å². The SMILES string of the molecule is C=CCc1ccc(-c2ccc(-c3ncc(/C=C/CCCC(C)O)cn3)cc2)c(F)c1F. The molecule has 31 heavy (non-hydrogen) atoms. The monoisotopic (exact) mass is 420 g/mol. The molecule has 0 radical (unpaired) electrons. The van der Waals surface area contributed by atoms with Gasteiger partial charge in [-0.2, -0.15) is 0 Å². The Labute approximate surface area is 181 Å². The number of allylic oxidation sites excluding steroid dienone is 2. The van der Waals surface area contributed by atoms with Crippen LogP contribution in [0, 0.1) is 11.6 Å². The Morgan fingerprint density at radius 2 is 1.68 bits per heavy atom. The Balaban J connectivity index is 1.70. The van der Waals surface area contributed by atoms with E-state index >= 15 is 0 Å². The van der Waals surface area contributed by atoms with Crippen molar-refractivity contribution in [3.63, 3.8) is 0 Å². The van der Waals surface area contributed by atoms with Crippen LogP contribution in [-0.2, 0) is 6.42 Å². The first-order chi connectivity index (χ1) is 15.0. The molecule has 5 heteroatoms. The molecule has 0 saturated heterocycles. The maximum Gasteiger partial charge on any atom is 0.166 e. The molecule has 1 unspecified atom stereocenters. The molecule has 3 rings (SSSR count). The third-order valence-corrected chi connectivity index (χ3v) is 4.96. The lowest BCUT2D eigenvalue weighted by atomic mass is 10.00. The lowest BCUT2D eigenvalue weighted by Gasteiger charge is -2.08. The second kappa shape index (κ2) is 10.7. The Morgan fingerprint density at radius 3 is 2.32 bits per heavy atom. The van der Waals surface area contributed by atoms with Crippen LogP contribution in [0.5, 0.6) is 0 Å². The third kappa shape index (κ3) is 5.92. The molecule has 0 aliphatic carbocycles. The van der Waals surface area contributed by atoms with Crippen LogP contribution in [0.2, 0.25) is 0 Å². The molecule has 1 aromatic heterocycles. The molecule has 1 N–H and O–H groups in total. The van der Waals surface area contributed by atoms with Gasteiger partial charge in [-0.3, -0.25) is 0 Å². The van der Waals surface area contributed by atoms with Gasteiger partial charge in [-0.1, -0.05) is 54.6 Å². The Bertz CT molecular complexity index is 1040. The van der Waals surface area contributed by atoms with Gasteiger partial charge in [0.1, 0.15) is 0 Å². The van der Waals surface area contributed by atoms with Gasteiger partial charge in [0.25, 0.3) is 0 Å². The maximum absolute atomic E-state index is 14.5. The second-order valence-electron chi connectivity index (χ2n) is 7.49. The fourth-order valence-electron chi connectivity index (χ4n) is 3.25. The largest absolute Gasteiger partial charge is 0.393 e. The Kier molecular flexibility index (Phi) is 7.79. The highest BCUT2D eigenvalue weighted by molar-refractivity contribution is 5.68. The van der Waals surface area contributed by atoms with Crippen molar-refractivity contribution in [3.8, 4) is 22.5 Å². The highest BCUT2D eigenvalue weighted by atomic mass is 19.2. The number of aliphatic hydroxyl groups excluding tert-OH is 1. The van der Waals surface area contributed by atoms with E-state index in [2.05, 4.69) is 16.5 Å². The van der Waals surface area contributed by atoms with E-state index in [9.17, 15) is 13.9 Å². The lowest BCUT2D eigenvalue weighted by Crippen LogP contribution is -1.97. The number of aromatic nitrogens is 2. The minimum atomic E-state index is -0.854. The predicted octanol–water partition coefficient (Wildman–Crippen LogP) is 6.38. The summed E-state index contributed by atoms with van der Waals surface area (Å²) in [5.41, 5.74) is 2.78. The van der Waals surface area contributed by atoms with E-state index in [1.54, 1.807) is 61.8 Å². The van der Waals surface area contributed by atoms with Crippen LogP contribution in [0.4, 0.5) is 8.78 Å². The van der Waals surface area contributed by atoms with Crippen molar-refractivity contribution in [2.24, 2.45) is 0 Å². The average molecular weight is 421 g/mol. The summed E-state index contributed by atoms with van der Waals surface area (Å²) in [4.78, 5) is 8.79. The first-order valence-corrected chi connectivity index (χ1v) is 10.3. The van der Waals surface area contributed by atoms with Gasteiger partial charge in [0.2, 0.25) is 0 Å². The van der Waals surface area contributed by atoms with Gasteiger partial charge < -0.3 is 5.11 Å². The number of rotatable bonds is 9. The van der Waals surface area contributed by atoms with Crippen molar-refractivity contribution in [1.29, 1.82) is 0 Å². The normalized spacial score (nSPS) is 12.3. The summed E-state index contributed by atoms with van der Waals surface area (Å²) in [6.07, 6.45) is 11.7. The zero-order chi connectivity index (χ0) is 22.2.